The number of carboxylic acid groups (broad SMARTS) is 1. The van der Waals surface area contributed by atoms with E-state index in [1.807, 2.05) is 50.2 Å². The van der Waals surface area contributed by atoms with Crippen molar-refractivity contribution in [2.75, 3.05) is 65.1 Å². The molecule has 2 aliphatic heterocycles. The van der Waals surface area contributed by atoms with Gasteiger partial charge < -0.3 is 44.3 Å². The fourth-order valence-electron chi connectivity index (χ4n) is 6.17. The molecule has 3 atom stereocenters. The third-order valence-corrected chi connectivity index (χ3v) is 8.56. The van der Waals surface area contributed by atoms with Crippen molar-refractivity contribution >= 4 is 17.7 Å². The molecule has 3 N–H and O–H groups in total. The summed E-state index contributed by atoms with van der Waals surface area (Å²) in [4.78, 5) is 29.1. The van der Waals surface area contributed by atoms with Gasteiger partial charge in [0.2, 0.25) is 5.91 Å². The smallest absolute Gasteiger partial charge is 0.407 e. The fraction of sp³-hybridized carbons (Fsp3) is 0.576. The van der Waals surface area contributed by atoms with E-state index in [0.29, 0.717) is 32.7 Å². The summed E-state index contributed by atoms with van der Waals surface area (Å²) in [6.07, 6.45) is 0.285. The van der Waals surface area contributed by atoms with Gasteiger partial charge in [-0.25, -0.2) is 4.79 Å². The monoisotopic (exact) mass is 613 g/mol. The topological polar surface area (TPSA) is 130 Å². The molecule has 1 saturated heterocycles. The van der Waals surface area contributed by atoms with E-state index in [-0.39, 0.29) is 31.5 Å². The molecule has 0 aromatic heterocycles. The molecule has 0 aliphatic carbocycles. The van der Waals surface area contributed by atoms with E-state index in [0.717, 1.165) is 47.8 Å². The second kappa shape index (κ2) is 15.5. The van der Waals surface area contributed by atoms with Crippen LogP contribution in [0.5, 0.6) is 11.5 Å². The van der Waals surface area contributed by atoms with E-state index in [2.05, 4.69) is 16.3 Å². The first-order valence-corrected chi connectivity index (χ1v) is 15.3. The number of aliphatic hydroxyl groups excluding tert-OH is 1. The number of nitrogens with one attached hydrogen (secondary N) is 1. The average molecular weight is 614 g/mol. The summed E-state index contributed by atoms with van der Waals surface area (Å²) in [7, 11) is 3.33. The Hall–Kier alpha value is -3.54. The molecule has 2 aromatic carbocycles. The van der Waals surface area contributed by atoms with Crippen molar-refractivity contribution in [2.45, 2.75) is 57.8 Å². The van der Waals surface area contributed by atoms with Crippen LogP contribution in [0.1, 0.15) is 50.2 Å². The number of likely N-dealkylation sites (tertiary alicyclic amines) is 1. The van der Waals surface area contributed by atoms with Crippen molar-refractivity contribution in [1.82, 2.24) is 10.2 Å². The Kier molecular flexibility index (Phi) is 11.7. The van der Waals surface area contributed by atoms with Gasteiger partial charge in [0.25, 0.3) is 0 Å². The Morgan fingerprint density at radius 1 is 1.14 bits per heavy atom. The number of carbonyl (C=O) groups excluding carboxylic acids is 1. The molecule has 11 heteroatoms. The largest absolute Gasteiger partial charge is 0.497 e. The standard InChI is InChI=1S/C33H47N3O8/c1-33(2,31(38)34-12-15-37)20-25-19-27(24-7-9-26(42-4)10-8-24)30(21-36(25)32(39)40)44-22-23-6-11-29-28(18-23)35(14-17-43-29)13-5-16-41-3/h6-11,18,25,27,30,37H,5,12-17,19-22H2,1-4H3,(H,34,38)(H,39,40)/t25-,27+,30-/m0/s1. The van der Waals surface area contributed by atoms with E-state index in [1.165, 1.54) is 4.90 Å². The molecule has 2 aromatic rings. The lowest BCUT2D eigenvalue weighted by Gasteiger charge is -2.45. The number of fused-ring (bicyclic) bond motifs is 1. The number of hydrogen-bond acceptors (Lipinski definition) is 8. The van der Waals surface area contributed by atoms with Crippen molar-refractivity contribution in [3.05, 3.63) is 53.6 Å². The number of amides is 2. The summed E-state index contributed by atoms with van der Waals surface area (Å²) in [6.45, 7) is 7.07. The highest BCUT2D eigenvalue weighted by atomic mass is 16.5. The third-order valence-electron chi connectivity index (χ3n) is 8.56. The van der Waals surface area contributed by atoms with Crippen molar-refractivity contribution < 1.29 is 38.7 Å². The molecule has 4 rings (SSSR count). The molecule has 2 heterocycles. The zero-order valence-electron chi connectivity index (χ0n) is 26.3. The van der Waals surface area contributed by atoms with Gasteiger partial charge in [-0.05, 0) is 54.7 Å². The maximum Gasteiger partial charge on any atom is 0.407 e. The van der Waals surface area contributed by atoms with Crippen LogP contribution in [0, 0.1) is 5.41 Å². The van der Waals surface area contributed by atoms with E-state index in [4.69, 9.17) is 24.1 Å². The highest BCUT2D eigenvalue weighted by molar-refractivity contribution is 5.82. The number of hydrogen-bond donors (Lipinski definition) is 3. The summed E-state index contributed by atoms with van der Waals surface area (Å²) in [5.41, 5.74) is 2.19. The van der Waals surface area contributed by atoms with Crippen molar-refractivity contribution in [2.24, 2.45) is 5.41 Å². The summed E-state index contributed by atoms with van der Waals surface area (Å²) < 4.78 is 23.1. The molecule has 11 nitrogen and oxygen atoms in total. The van der Waals surface area contributed by atoms with Crippen molar-refractivity contribution in [3.8, 4) is 11.5 Å². The lowest BCUT2D eigenvalue weighted by molar-refractivity contribution is -0.131. The Morgan fingerprint density at radius 2 is 1.91 bits per heavy atom. The Morgan fingerprint density at radius 3 is 2.59 bits per heavy atom. The molecule has 2 amide bonds. The van der Waals surface area contributed by atoms with Crippen LogP contribution in [0.4, 0.5) is 10.5 Å². The van der Waals surface area contributed by atoms with Crippen LogP contribution in [0.2, 0.25) is 0 Å². The zero-order chi connectivity index (χ0) is 31.7. The summed E-state index contributed by atoms with van der Waals surface area (Å²) in [5, 5.41) is 22.1. The van der Waals surface area contributed by atoms with Gasteiger partial charge in [-0.1, -0.05) is 32.0 Å². The third kappa shape index (κ3) is 8.34. The molecular weight excluding hydrogens is 566 g/mol. The van der Waals surface area contributed by atoms with Crippen LogP contribution < -0.4 is 19.7 Å². The highest BCUT2D eigenvalue weighted by Crippen LogP contribution is 2.40. The number of rotatable bonds is 14. The minimum atomic E-state index is -1.04. The van der Waals surface area contributed by atoms with Crippen LogP contribution in [0.15, 0.2) is 42.5 Å². The number of nitrogens with zero attached hydrogens (tertiary/aromatic N) is 2. The van der Waals surface area contributed by atoms with Crippen LogP contribution in [-0.2, 0) is 20.9 Å². The van der Waals surface area contributed by atoms with Crippen LogP contribution in [-0.4, -0.2) is 99.5 Å². The molecular formula is C33H47N3O8. The number of methoxy groups -OCH3 is 2. The SMILES string of the molecule is COCCCN1CCOc2ccc(CO[C@H]3CN(C(=O)O)[C@H](CC(C)(C)C(=O)NCCO)C[C@@H]3c3ccc(OC)cc3)cc21. The number of piperidine rings is 1. The van der Waals surface area contributed by atoms with Gasteiger partial charge in [0.05, 0.1) is 45.2 Å². The molecule has 0 spiro atoms. The van der Waals surface area contributed by atoms with Crippen molar-refractivity contribution in [1.29, 1.82) is 0 Å². The van der Waals surface area contributed by atoms with E-state index in [1.54, 1.807) is 14.2 Å². The molecule has 0 unspecified atom stereocenters. The van der Waals surface area contributed by atoms with Gasteiger partial charge in [0.1, 0.15) is 18.1 Å². The van der Waals surface area contributed by atoms with Gasteiger partial charge in [0, 0.05) is 44.2 Å². The van der Waals surface area contributed by atoms with Crippen LogP contribution in [0.3, 0.4) is 0 Å². The number of benzene rings is 2. The Labute approximate surface area is 260 Å². The molecule has 0 radical (unpaired) electrons. The summed E-state index contributed by atoms with van der Waals surface area (Å²) >= 11 is 0. The van der Waals surface area contributed by atoms with Crippen molar-refractivity contribution in [3.63, 3.8) is 0 Å². The lowest BCUT2D eigenvalue weighted by Crippen LogP contribution is -2.54. The molecule has 44 heavy (non-hydrogen) atoms. The number of anilines is 1. The minimum Gasteiger partial charge on any atom is -0.497 e. The second-order valence-electron chi connectivity index (χ2n) is 12.1. The lowest BCUT2D eigenvalue weighted by atomic mass is 9.76. The fourth-order valence-corrected chi connectivity index (χ4v) is 6.17. The first-order chi connectivity index (χ1) is 21.2. The Balaban J connectivity index is 1.56. The van der Waals surface area contributed by atoms with E-state index in [9.17, 15) is 14.7 Å². The van der Waals surface area contributed by atoms with E-state index < -0.39 is 23.7 Å². The van der Waals surface area contributed by atoms with Crippen LogP contribution in [0.25, 0.3) is 0 Å². The number of carbonyl (C=O) groups is 2. The zero-order valence-corrected chi connectivity index (χ0v) is 26.3. The second-order valence-corrected chi connectivity index (χ2v) is 12.1. The normalized spacial score (nSPS) is 20.1. The summed E-state index contributed by atoms with van der Waals surface area (Å²) in [5.74, 6) is 1.25. The maximum atomic E-state index is 12.9. The van der Waals surface area contributed by atoms with Gasteiger partial charge in [0.15, 0.2) is 0 Å². The first-order valence-electron chi connectivity index (χ1n) is 15.3. The predicted octanol–water partition coefficient (Wildman–Crippen LogP) is 3.88. The van der Waals surface area contributed by atoms with Crippen LogP contribution >= 0.6 is 0 Å². The van der Waals surface area contributed by atoms with E-state index >= 15 is 0 Å². The Bertz CT molecular complexity index is 1240. The summed E-state index contributed by atoms with van der Waals surface area (Å²) in [6, 6.07) is 13.5. The predicted molar refractivity (Wildman–Crippen MR) is 167 cm³/mol. The minimum absolute atomic E-state index is 0.107. The molecule has 2 aliphatic rings. The molecule has 0 bridgehead atoms. The molecule has 242 valence electrons. The first kappa shape index (κ1) is 33.4. The molecule has 1 fully saturated rings. The van der Waals surface area contributed by atoms with Gasteiger partial charge in [-0.2, -0.15) is 0 Å². The highest BCUT2D eigenvalue weighted by Gasteiger charge is 2.43. The van der Waals surface area contributed by atoms with Gasteiger partial charge in [-0.3, -0.25) is 4.79 Å². The molecule has 0 saturated carbocycles. The maximum absolute atomic E-state index is 12.9. The number of ether oxygens (including phenoxy) is 4. The average Bonchev–Trinajstić information content (AvgIpc) is 3.02. The van der Waals surface area contributed by atoms with Gasteiger partial charge >= 0.3 is 6.09 Å². The quantitative estimate of drug-likeness (QED) is 0.272. The van der Waals surface area contributed by atoms with Gasteiger partial charge in [-0.15, -0.1) is 0 Å². The number of aliphatic hydroxyl groups is 1.